The average molecular weight is 251 g/mol. The molecule has 90 valence electrons. The molecule has 1 amide bonds. The van der Waals surface area contributed by atoms with E-state index in [1.807, 2.05) is 12.3 Å². The topological polar surface area (TPSA) is 85.8 Å². The maximum atomic E-state index is 11.8. The number of nitrogens with zero attached hydrogens (tertiary/aromatic N) is 3. The highest BCUT2D eigenvalue weighted by molar-refractivity contribution is 7.13. The summed E-state index contributed by atoms with van der Waals surface area (Å²) in [5.41, 5.74) is 6.67. The zero-order chi connectivity index (χ0) is 12.3. The van der Waals surface area contributed by atoms with Crippen molar-refractivity contribution in [2.24, 2.45) is 5.73 Å². The van der Waals surface area contributed by atoms with Gasteiger partial charge in [-0.15, -0.1) is 11.3 Å². The summed E-state index contributed by atoms with van der Waals surface area (Å²) in [5, 5.41) is 5.16. The van der Waals surface area contributed by atoms with E-state index < -0.39 is 0 Å². The number of aryl methyl sites for hydroxylation is 1. The Labute approximate surface area is 102 Å². The molecule has 0 bridgehead atoms. The third-order valence-corrected chi connectivity index (χ3v) is 2.97. The van der Waals surface area contributed by atoms with Crippen LogP contribution in [0.15, 0.2) is 17.9 Å². The van der Waals surface area contributed by atoms with E-state index in [-0.39, 0.29) is 5.91 Å². The Hall–Kier alpha value is -1.73. The number of anilines is 1. The molecule has 2 aromatic rings. The predicted octanol–water partition coefficient (Wildman–Crippen LogP) is 0.859. The number of thiazole rings is 1. The summed E-state index contributed by atoms with van der Waals surface area (Å²) in [6.07, 6.45) is 3.26. The van der Waals surface area contributed by atoms with Crippen LogP contribution in [0.5, 0.6) is 0 Å². The monoisotopic (exact) mass is 251 g/mol. The van der Waals surface area contributed by atoms with Gasteiger partial charge in [0.05, 0.1) is 12.0 Å². The van der Waals surface area contributed by atoms with E-state index in [0.717, 1.165) is 5.69 Å². The lowest BCUT2D eigenvalue weighted by Gasteiger charge is -1.97. The molecule has 0 saturated heterocycles. The summed E-state index contributed by atoms with van der Waals surface area (Å²) < 4.78 is 1.78. The molecule has 17 heavy (non-hydrogen) atoms. The number of imidazole rings is 1. The predicted molar refractivity (Wildman–Crippen MR) is 66.1 cm³/mol. The van der Waals surface area contributed by atoms with Crippen molar-refractivity contribution in [3.63, 3.8) is 0 Å². The van der Waals surface area contributed by atoms with Crippen molar-refractivity contribution in [3.8, 4) is 0 Å². The molecule has 0 saturated carbocycles. The number of hydrogen-bond acceptors (Lipinski definition) is 5. The highest BCUT2D eigenvalue weighted by Gasteiger charge is 2.11. The minimum Gasteiger partial charge on any atom is -0.335 e. The van der Waals surface area contributed by atoms with Crippen molar-refractivity contribution in [2.75, 3.05) is 11.9 Å². The van der Waals surface area contributed by atoms with E-state index in [9.17, 15) is 4.79 Å². The molecule has 0 spiro atoms. The molecule has 0 atom stereocenters. The Morgan fingerprint density at radius 2 is 2.47 bits per heavy atom. The standard InChI is InChI=1S/C10H13N5OS/c1-7-5-17-10(13-7)14-9(16)8-4-15(3-2-11)6-12-8/h4-6H,2-3,11H2,1H3,(H,13,14,16). The van der Waals surface area contributed by atoms with Crippen LogP contribution in [0.3, 0.4) is 0 Å². The van der Waals surface area contributed by atoms with Crippen molar-refractivity contribution in [3.05, 3.63) is 29.3 Å². The molecule has 7 heteroatoms. The molecular weight excluding hydrogens is 238 g/mol. The van der Waals surface area contributed by atoms with Gasteiger partial charge in [0, 0.05) is 24.7 Å². The first-order valence-electron chi connectivity index (χ1n) is 5.14. The minimum atomic E-state index is -0.255. The van der Waals surface area contributed by atoms with Crippen molar-refractivity contribution in [2.45, 2.75) is 13.5 Å². The second-order valence-electron chi connectivity index (χ2n) is 3.53. The summed E-state index contributed by atoms with van der Waals surface area (Å²) >= 11 is 1.39. The van der Waals surface area contributed by atoms with Gasteiger partial charge < -0.3 is 10.3 Å². The van der Waals surface area contributed by atoms with E-state index in [4.69, 9.17) is 5.73 Å². The van der Waals surface area contributed by atoms with Crippen LogP contribution >= 0.6 is 11.3 Å². The van der Waals surface area contributed by atoms with Crippen LogP contribution in [0.1, 0.15) is 16.2 Å². The van der Waals surface area contributed by atoms with Crippen molar-refractivity contribution >= 4 is 22.4 Å². The van der Waals surface area contributed by atoms with Crippen molar-refractivity contribution in [1.82, 2.24) is 14.5 Å². The number of nitrogens with one attached hydrogen (secondary N) is 1. The number of amides is 1. The molecule has 6 nitrogen and oxygen atoms in total. The highest BCUT2D eigenvalue weighted by atomic mass is 32.1. The maximum absolute atomic E-state index is 11.8. The Morgan fingerprint density at radius 1 is 1.65 bits per heavy atom. The normalized spacial score (nSPS) is 10.5. The van der Waals surface area contributed by atoms with Crippen LogP contribution in [-0.2, 0) is 6.54 Å². The van der Waals surface area contributed by atoms with E-state index in [0.29, 0.717) is 23.9 Å². The lowest BCUT2D eigenvalue weighted by atomic mass is 10.4. The number of hydrogen-bond donors (Lipinski definition) is 2. The summed E-state index contributed by atoms with van der Waals surface area (Å²) in [7, 11) is 0. The molecule has 0 radical (unpaired) electrons. The molecule has 0 aromatic carbocycles. The summed E-state index contributed by atoms with van der Waals surface area (Å²) in [6.45, 7) is 3.04. The van der Waals surface area contributed by atoms with E-state index in [1.165, 1.54) is 11.3 Å². The van der Waals surface area contributed by atoms with Gasteiger partial charge in [-0.25, -0.2) is 9.97 Å². The third kappa shape index (κ3) is 2.89. The molecule has 3 N–H and O–H groups in total. The molecule has 2 rings (SSSR count). The molecule has 0 aliphatic heterocycles. The molecule has 0 fully saturated rings. The lowest BCUT2D eigenvalue weighted by molar-refractivity contribution is 0.102. The van der Waals surface area contributed by atoms with Crippen LogP contribution in [0.25, 0.3) is 0 Å². The Bertz CT molecular complexity index is 518. The summed E-state index contributed by atoms with van der Waals surface area (Å²) in [5.74, 6) is -0.255. The zero-order valence-corrected chi connectivity index (χ0v) is 10.2. The molecule has 0 unspecified atom stereocenters. The Balaban J connectivity index is 2.03. The largest absolute Gasteiger partial charge is 0.335 e. The van der Waals surface area contributed by atoms with Gasteiger partial charge in [-0.05, 0) is 6.92 Å². The number of rotatable bonds is 4. The Morgan fingerprint density at radius 3 is 3.12 bits per heavy atom. The van der Waals surface area contributed by atoms with Gasteiger partial charge in [-0.1, -0.05) is 0 Å². The fourth-order valence-corrected chi connectivity index (χ4v) is 2.00. The van der Waals surface area contributed by atoms with Gasteiger partial charge >= 0.3 is 0 Å². The smallest absolute Gasteiger partial charge is 0.277 e. The fourth-order valence-electron chi connectivity index (χ4n) is 1.32. The van der Waals surface area contributed by atoms with E-state index in [1.54, 1.807) is 17.1 Å². The molecule has 0 aliphatic rings. The van der Waals surface area contributed by atoms with Gasteiger partial charge in [-0.3, -0.25) is 10.1 Å². The summed E-state index contributed by atoms with van der Waals surface area (Å²) in [6, 6.07) is 0. The van der Waals surface area contributed by atoms with Crippen molar-refractivity contribution in [1.29, 1.82) is 0 Å². The van der Waals surface area contributed by atoms with Gasteiger partial charge in [0.1, 0.15) is 5.69 Å². The molecule has 0 aliphatic carbocycles. The fraction of sp³-hybridized carbons (Fsp3) is 0.300. The first-order valence-corrected chi connectivity index (χ1v) is 6.02. The highest BCUT2D eigenvalue weighted by Crippen LogP contribution is 2.15. The number of carbonyl (C=O) groups excluding carboxylic acids is 1. The van der Waals surface area contributed by atoms with Crippen LogP contribution in [0.4, 0.5) is 5.13 Å². The number of aromatic nitrogens is 3. The zero-order valence-electron chi connectivity index (χ0n) is 9.38. The van der Waals surface area contributed by atoms with Crippen LogP contribution in [-0.4, -0.2) is 27.0 Å². The van der Waals surface area contributed by atoms with E-state index in [2.05, 4.69) is 15.3 Å². The SMILES string of the molecule is Cc1csc(NC(=O)c2cn(CCN)cn2)n1. The van der Waals surface area contributed by atoms with Crippen molar-refractivity contribution < 1.29 is 4.79 Å². The van der Waals surface area contributed by atoms with Crippen LogP contribution in [0, 0.1) is 6.92 Å². The van der Waals surface area contributed by atoms with Crippen LogP contribution in [0.2, 0.25) is 0 Å². The molecule has 2 aromatic heterocycles. The van der Waals surface area contributed by atoms with Gasteiger partial charge in [0.25, 0.3) is 5.91 Å². The number of carbonyl (C=O) groups is 1. The maximum Gasteiger partial charge on any atom is 0.277 e. The van der Waals surface area contributed by atoms with E-state index >= 15 is 0 Å². The minimum absolute atomic E-state index is 0.255. The second kappa shape index (κ2) is 5.07. The molecule has 2 heterocycles. The van der Waals surface area contributed by atoms with Gasteiger partial charge in [0.15, 0.2) is 5.13 Å². The third-order valence-electron chi connectivity index (χ3n) is 2.09. The first-order chi connectivity index (χ1) is 8.19. The van der Waals surface area contributed by atoms with Gasteiger partial charge in [0.2, 0.25) is 0 Å². The van der Waals surface area contributed by atoms with Gasteiger partial charge in [-0.2, -0.15) is 0 Å². The number of nitrogens with two attached hydrogens (primary N) is 1. The Kier molecular flexibility index (Phi) is 3.50. The first kappa shape index (κ1) is 11.7. The molecular formula is C10H13N5OS. The second-order valence-corrected chi connectivity index (χ2v) is 4.39. The average Bonchev–Trinajstić information content (AvgIpc) is 2.88. The summed E-state index contributed by atoms with van der Waals surface area (Å²) in [4.78, 5) is 20.0. The quantitative estimate of drug-likeness (QED) is 0.843. The lowest BCUT2D eigenvalue weighted by Crippen LogP contribution is -2.12. The van der Waals surface area contributed by atoms with Crippen LogP contribution < -0.4 is 11.1 Å².